The summed E-state index contributed by atoms with van der Waals surface area (Å²) < 4.78 is 7.87. The van der Waals surface area contributed by atoms with Crippen LogP contribution in [-0.4, -0.2) is 34.6 Å². The summed E-state index contributed by atoms with van der Waals surface area (Å²) in [6.45, 7) is 9.87. The van der Waals surface area contributed by atoms with E-state index in [0.29, 0.717) is 30.1 Å². The number of ether oxygens (including phenoxy) is 1. The molecule has 0 saturated carbocycles. The second-order valence-corrected chi connectivity index (χ2v) is 5.87. The largest absolute Gasteiger partial charge is 0.375 e. The van der Waals surface area contributed by atoms with Gasteiger partial charge in [0, 0.05) is 25.2 Å². The lowest BCUT2D eigenvalue weighted by molar-refractivity contribution is 0.0476. The van der Waals surface area contributed by atoms with Gasteiger partial charge in [0.1, 0.15) is 0 Å². The number of nitrogens with zero attached hydrogens (tertiary/aromatic N) is 2. The van der Waals surface area contributed by atoms with E-state index in [1.807, 2.05) is 17.9 Å². The Hall–Kier alpha value is -0.870. The van der Waals surface area contributed by atoms with Crippen molar-refractivity contribution in [3.63, 3.8) is 0 Å². The van der Waals surface area contributed by atoms with Crippen molar-refractivity contribution >= 4 is 0 Å². The van der Waals surface area contributed by atoms with Gasteiger partial charge in [-0.2, -0.15) is 5.10 Å². The zero-order valence-electron chi connectivity index (χ0n) is 12.8. The van der Waals surface area contributed by atoms with Crippen molar-refractivity contribution in [2.24, 2.45) is 18.9 Å². The van der Waals surface area contributed by atoms with Gasteiger partial charge in [-0.05, 0) is 38.3 Å². The van der Waals surface area contributed by atoms with Crippen LogP contribution in [-0.2, 0) is 18.2 Å². The molecule has 0 aromatic carbocycles. The Morgan fingerprint density at radius 3 is 2.58 bits per heavy atom. The molecular weight excluding hydrogens is 238 g/mol. The molecule has 1 aromatic rings. The second-order valence-electron chi connectivity index (χ2n) is 5.87. The molecule has 5 unspecified atom stereocenters. The quantitative estimate of drug-likeness (QED) is 0.885. The van der Waals surface area contributed by atoms with Crippen LogP contribution in [0.2, 0.25) is 0 Å². The average Bonchev–Trinajstić information content (AvgIpc) is 2.84. The maximum absolute atomic E-state index is 6.00. The fraction of sp³-hybridized carbons (Fsp3) is 0.800. The first kappa shape index (κ1) is 14.5. The smallest absolute Gasteiger partial charge is 0.0597 e. The fourth-order valence-electron chi connectivity index (χ4n) is 3.42. The van der Waals surface area contributed by atoms with Crippen molar-refractivity contribution in [2.45, 2.75) is 52.4 Å². The Balaban J connectivity index is 2.11. The molecule has 1 aliphatic heterocycles. The highest BCUT2D eigenvalue weighted by molar-refractivity contribution is 5.08. The highest BCUT2D eigenvalue weighted by Crippen LogP contribution is 2.35. The third-order valence-corrected chi connectivity index (χ3v) is 4.46. The first-order valence-electron chi connectivity index (χ1n) is 7.39. The van der Waals surface area contributed by atoms with Gasteiger partial charge >= 0.3 is 0 Å². The van der Waals surface area contributed by atoms with Crippen LogP contribution in [0.25, 0.3) is 0 Å². The number of likely N-dealkylation sites (N-methyl/N-ethyl adjacent to an activating group) is 1. The molecule has 1 fully saturated rings. The number of aromatic nitrogens is 2. The summed E-state index contributed by atoms with van der Waals surface area (Å²) in [6.07, 6.45) is 5.79. The summed E-state index contributed by atoms with van der Waals surface area (Å²) in [7, 11) is 1.97. The molecule has 0 aliphatic carbocycles. The molecule has 2 heterocycles. The number of hydrogen-bond acceptors (Lipinski definition) is 3. The fourth-order valence-corrected chi connectivity index (χ4v) is 3.42. The van der Waals surface area contributed by atoms with Crippen molar-refractivity contribution in [1.82, 2.24) is 15.1 Å². The van der Waals surface area contributed by atoms with E-state index in [-0.39, 0.29) is 0 Å². The SMILES string of the molecule is CCNC(Cc1cnn(C)c1)C1C(C)OC(C)C1C. The monoisotopic (exact) mass is 265 g/mol. The van der Waals surface area contributed by atoms with E-state index in [1.165, 1.54) is 5.56 Å². The molecule has 1 aliphatic rings. The summed E-state index contributed by atoms with van der Waals surface area (Å²) in [6, 6.07) is 0.462. The van der Waals surface area contributed by atoms with Crippen molar-refractivity contribution in [3.05, 3.63) is 18.0 Å². The van der Waals surface area contributed by atoms with Crippen molar-refractivity contribution in [3.8, 4) is 0 Å². The Morgan fingerprint density at radius 1 is 1.37 bits per heavy atom. The van der Waals surface area contributed by atoms with Gasteiger partial charge in [-0.15, -0.1) is 0 Å². The minimum absolute atomic E-state index is 0.325. The van der Waals surface area contributed by atoms with Crippen LogP contribution < -0.4 is 5.32 Å². The van der Waals surface area contributed by atoms with E-state index in [1.54, 1.807) is 0 Å². The van der Waals surface area contributed by atoms with E-state index >= 15 is 0 Å². The predicted octanol–water partition coefficient (Wildman–Crippen LogP) is 2.00. The summed E-state index contributed by atoms with van der Waals surface area (Å²) in [5.74, 6) is 1.16. The van der Waals surface area contributed by atoms with E-state index in [0.717, 1.165) is 13.0 Å². The molecule has 0 amide bonds. The van der Waals surface area contributed by atoms with Gasteiger partial charge in [-0.3, -0.25) is 4.68 Å². The zero-order chi connectivity index (χ0) is 14.0. The first-order valence-corrected chi connectivity index (χ1v) is 7.39. The summed E-state index contributed by atoms with van der Waals surface area (Å²) in [5, 5.41) is 7.91. The van der Waals surface area contributed by atoms with Gasteiger partial charge in [-0.1, -0.05) is 13.8 Å². The van der Waals surface area contributed by atoms with Gasteiger partial charge in [0.25, 0.3) is 0 Å². The standard InChI is InChI=1S/C15H27N3O/c1-6-16-14(7-13-8-17-18(5)9-13)15-10(2)11(3)19-12(15)4/h8-12,14-16H,6-7H2,1-5H3. The lowest BCUT2D eigenvalue weighted by Crippen LogP contribution is -2.43. The van der Waals surface area contributed by atoms with E-state index < -0.39 is 0 Å². The molecule has 1 saturated heterocycles. The van der Waals surface area contributed by atoms with Crippen molar-refractivity contribution < 1.29 is 4.74 Å². The lowest BCUT2D eigenvalue weighted by Gasteiger charge is -2.29. The van der Waals surface area contributed by atoms with Crippen molar-refractivity contribution in [1.29, 1.82) is 0 Å². The summed E-state index contributed by atoms with van der Waals surface area (Å²) >= 11 is 0. The third kappa shape index (κ3) is 3.18. The molecule has 5 atom stereocenters. The molecule has 0 radical (unpaired) electrons. The van der Waals surface area contributed by atoms with Crippen LogP contribution in [0.3, 0.4) is 0 Å². The topological polar surface area (TPSA) is 39.1 Å². The average molecular weight is 265 g/mol. The zero-order valence-corrected chi connectivity index (χ0v) is 12.8. The minimum Gasteiger partial charge on any atom is -0.375 e. The van der Waals surface area contributed by atoms with Gasteiger partial charge in [0.05, 0.1) is 18.4 Å². The minimum atomic E-state index is 0.325. The number of nitrogens with one attached hydrogen (secondary N) is 1. The molecule has 1 aromatic heterocycles. The maximum atomic E-state index is 6.00. The maximum Gasteiger partial charge on any atom is 0.0597 e. The second kappa shape index (κ2) is 6.06. The molecule has 4 heteroatoms. The van der Waals surface area contributed by atoms with Gasteiger partial charge in [0.15, 0.2) is 0 Å². The van der Waals surface area contributed by atoms with E-state index in [4.69, 9.17) is 4.74 Å². The van der Waals surface area contributed by atoms with Crippen LogP contribution in [0.4, 0.5) is 0 Å². The number of hydrogen-bond donors (Lipinski definition) is 1. The van der Waals surface area contributed by atoms with Crippen molar-refractivity contribution in [2.75, 3.05) is 6.54 Å². The Morgan fingerprint density at radius 2 is 2.11 bits per heavy atom. The molecule has 4 nitrogen and oxygen atoms in total. The summed E-state index contributed by atoms with van der Waals surface area (Å²) in [5.41, 5.74) is 1.30. The predicted molar refractivity (Wildman–Crippen MR) is 77.0 cm³/mol. The number of aryl methyl sites for hydroxylation is 1. The van der Waals surface area contributed by atoms with Gasteiger partial charge < -0.3 is 10.1 Å². The molecule has 19 heavy (non-hydrogen) atoms. The molecule has 2 rings (SSSR count). The Bertz CT molecular complexity index is 404. The first-order chi connectivity index (χ1) is 9.02. The van der Waals surface area contributed by atoms with Gasteiger partial charge in [-0.25, -0.2) is 0 Å². The third-order valence-electron chi connectivity index (χ3n) is 4.46. The van der Waals surface area contributed by atoms with E-state index in [9.17, 15) is 0 Å². The molecule has 0 spiro atoms. The normalized spacial score (nSPS) is 32.7. The van der Waals surface area contributed by atoms with E-state index in [2.05, 4.69) is 44.3 Å². The Labute approximate surface area is 116 Å². The van der Waals surface area contributed by atoms with Crippen LogP contribution in [0.1, 0.15) is 33.3 Å². The number of rotatable bonds is 5. The summed E-state index contributed by atoms with van der Waals surface area (Å²) in [4.78, 5) is 0. The van der Waals surface area contributed by atoms with Crippen LogP contribution in [0.15, 0.2) is 12.4 Å². The highest BCUT2D eigenvalue weighted by Gasteiger charge is 2.41. The van der Waals surface area contributed by atoms with Crippen LogP contribution in [0.5, 0.6) is 0 Å². The molecule has 108 valence electrons. The Kier molecular flexibility index (Phi) is 4.63. The lowest BCUT2D eigenvalue weighted by atomic mass is 9.81. The molecule has 0 bridgehead atoms. The van der Waals surface area contributed by atoms with Crippen LogP contribution in [0, 0.1) is 11.8 Å². The molecule has 1 N–H and O–H groups in total. The van der Waals surface area contributed by atoms with Gasteiger partial charge in [0.2, 0.25) is 0 Å². The molecular formula is C15H27N3O. The van der Waals surface area contributed by atoms with Crippen LogP contribution >= 0.6 is 0 Å². The highest BCUT2D eigenvalue weighted by atomic mass is 16.5.